The van der Waals surface area contributed by atoms with Crippen LogP contribution in [0.2, 0.25) is 0 Å². The Morgan fingerprint density at radius 1 is 1.45 bits per heavy atom. The lowest BCUT2D eigenvalue weighted by molar-refractivity contribution is 0.0684. The molecule has 11 heteroatoms. The standard InChI is InChI=1S/C9H13N5O5S/c1-9(2-3-20(18,19)4-9)12-8(17)11-7-10-5(6(15)16)13-14-7/h2-4H2,1H3,(H,15,16)(H3,10,11,12,13,14,17). The lowest BCUT2D eigenvalue weighted by atomic mass is 10.0. The summed E-state index contributed by atoms with van der Waals surface area (Å²) in [5, 5.41) is 19.0. The first-order valence-electron chi connectivity index (χ1n) is 5.64. The van der Waals surface area contributed by atoms with E-state index >= 15 is 0 Å². The van der Waals surface area contributed by atoms with Gasteiger partial charge in [-0.05, 0) is 13.3 Å². The smallest absolute Gasteiger partial charge is 0.373 e. The molecule has 0 radical (unpaired) electrons. The molecule has 1 aromatic rings. The molecule has 1 aromatic heterocycles. The van der Waals surface area contributed by atoms with Crippen molar-refractivity contribution in [1.82, 2.24) is 20.5 Å². The number of carbonyl (C=O) groups excluding carboxylic acids is 1. The number of rotatable bonds is 3. The molecule has 4 N–H and O–H groups in total. The van der Waals surface area contributed by atoms with Crippen LogP contribution in [0.3, 0.4) is 0 Å². The van der Waals surface area contributed by atoms with E-state index in [0.717, 1.165) is 0 Å². The molecule has 1 saturated heterocycles. The highest BCUT2D eigenvalue weighted by molar-refractivity contribution is 7.91. The van der Waals surface area contributed by atoms with E-state index in [-0.39, 0.29) is 17.5 Å². The van der Waals surface area contributed by atoms with Gasteiger partial charge in [-0.2, -0.15) is 4.98 Å². The summed E-state index contributed by atoms with van der Waals surface area (Å²) in [6, 6.07) is -0.694. The number of aromatic carboxylic acids is 1. The predicted molar refractivity (Wildman–Crippen MR) is 67.2 cm³/mol. The van der Waals surface area contributed by atoms with E-state index in [4.69, 9.17) is 5.11 Å². The average molecular weight is 303 g/mol. The largest absolute Gasteiger partial charge is 0.475 e. The van der Waals surface area contributed by atoms with Gasteiger partial charge in [0.1, 0.15) is 0 Å². The molecule has 20 heavy (non-hydrogen) atoms. The highest BCUT2D eigenvalue weighted by atomic mass is 32.2. The fourth-order valence-corrected chi connectivity index (χ4v) is 4.02. The van der Waals surface area contributed by atoms with Gasteiger partial charge in [-0.25, -0.2) is 18.0 Å². The molecule has 0 saturated carbocycles. The minimum absolute atomic E-state index is 0.0214. The lowest BCUT2D eigenvalue weighted by Gasteiger charge is -2.23. The predicted octanol–water partition coefficient (Wildman–Crippen LogP) is -0.798. The van der Waals surface area contributed by atoms with E-state index in [2.05, 4.69) is 25.8 Å². The van der Waals surface area contributed by atoms with Crippen molar-refractivity contribution in [2.75, 3.05) is 16.8 Å². The average Bonchev–Trinajstić information content (AvgIpc) is 2.83. The minimum Gasteiger partial charge on any atom is -0.475 e. The number of carboxylic acid groups (broad SMARTS) is 1. The van der Waals surface area contributed by atoms with Crippen LogP contribution >= 0.6 is 0 Å². The van der Waals surface area contributed by atoms with Crippen LogP contribution < -0.4 is 10.6 Å². The van der Waals surface area contributed by atoms with Gasteiger partial charge in [0.15, 0.2) is 9.84 Å². The normalized spacial score (nSPS) is 24.2. The van der Waals surface area contributed by atoms with Gasteiger partial charge in [0.2, 0.25) is 5.82 Å². The number of hydrogen-bond acceptors (Lipinski definition) is 6. The maximum absolute atomic E-state index is 11.7. The molecule has 1 aliphatic rings. The van der Waals surface area contributed by atoms with Gasteiger partial charge in [0.25, 0.3) is 5.95 Å². The number of aromatic nitrogens is 3. The van der Waals surface area contributed by atoms with Gasteiger partial charge >= 0.3 is 12.0 Å². The van der Waals surface area contributed by atoms with Crippen molar-refractivity contribution in [2.24, 2.45) is 0 Å². The molecule has 0 bridgehead atoms. The van der Waals surface area contributed by atoms with Gasteiger partial charge in [-0.3, -0.25) is 10.4 Å². The van der Waals surface area contributed by atoms with Gasteiger partial charge in [-0.15, -0.1) is 5.10 Å². The van der Waals surface area contributed by atoms with Crippen LogP contribution in [0.25, 0.3) is 0 Å². The Morgan fingerprint density at radius 3 is 2.65 bits per heavy atom. The number of sulfone groups is 1. The summed E-state index contributed by atoms with van der Waals surface area (Å²) in [6.45, 7) is 1.62. The van der Waals surface area contributed by atoms with Crippen LogP contribution in [0.5, 0.6) is 0 Å². The van der Waals surface area contributed by atoms with Gasteiger partial charge in [-0.1, -0.05) is 0 Å². The Balaban J connectivity index is 1.97. The summed E-state index contributed by atoms with van der Waals surface area (Å²) in [4.78, 5) is 25.8. The highest BCUT2D eigenvalue weighted by Gasteiger charge is 2.39. The number of urea groups is 1. The van der Waals surface area contributed by atoms with E-state index < -0.39 is 33.2 Å². The Bertz CT molecular complexity index is 653. The van der Waals surface area contributed by atoms with Crippen molar-refractivity contribution in [3.05, 3.63) is 5.82 Å². The third kappa shape index (κ3) is 3.23. The number of amides is 2. The molecular formula is C9H13N5O5S. The highest BCUT2D eigenvalue weighted by Crippen LogP contribution is 2.22. The van der Waals surface area contributed by atoms with E-state index in [0.29, 0.717) is 6.42 Å². The van der Waals surface area contributed by atoms with Crippen LogP contribution in [0, 0.1) is 0 Å². The molecule has 2 amide bonds. The second kappa shape index (κ2) is 4.74. The molecule has 2 rings (SSSR count). The lowest BCUT2D eigenvalue weighted by Crippen LogP contribution is -2.48. The first kappa shape index (κ1) is 14.2. The van der Waals surface area contributed by atoms with E-state index in [1.54, 1.807) is 6.92 Å². The SMILES string of the molecule is CC1(NC(=O)Nc2n[nH]c(C(=O)O)n2)CCS(=O)(=O)C1. The molecule has 10 nitrogen and oxygen atoms in total. The minimum atomic E-state index is -3.14. The number of carboxylic acids is 1. The van der Waals surface area contributed by atoms with Gasteiger partial charge in [0, 0.05) is 0 Å². The quantitative estimate of drug-likeness (QED) is 0.570. The zero-order valence-electron chi connectivity index (χ0n) is 10.5. The van der Waals surface area contributed by atoms with E-state index in [1.165, 1.54) is 0 Å². The van der Waals surface area contributed by atoms with Crippen molar-refractivity contribution in [3.63, 3.8) is 0 Å². The number of hydrogen-bond donors (Lipinski definition) is 4. The molecule has 1 fully saturated rings. The van der Waals surface area contributed by atoms with Crippen molar-refractivity contribution >= 4 is 27.8 Å². The van der Waals surface area contributed by atoms with Crippen LogP contribution in [0.4, 0.5) is 10.7 Å². The Kier molecular flexibility index (Phi) is 3.38. The number of carbonyl (C=O) groups is 2. The van der Waals surface area contributed by atoms with E-state index in [9.17, 15) is 18.0 Å². The summed E-state index contributed by atoms with van der Waals surface area (Å²) in [5.41, 5.74) is -0.852. The van der Waals surface area contributed by atoms with Gasteiger partial charge in [0.05, 0.1) is 17.0 Å². The fraction of sp³-hybridized carbons (Fsp3) is 0.556. The summed E-state index contributed by atoms with van der Waals surface area (Å²) in [5.74, 6) is -2.03. The molecule has 1 unspecified atom stereocenters. The molecule has 0 spiro atoms. The fourth-order valence-electron chi connectivity index (χ4n) is 1.93. The van der Waals surface area contributed by atoms with Crippen molar-refractivity contribution in [3.8, 4) is 0 Å². The number of H-pyrrole nitrogens is 1. The zero-order valence-corrected chi connectivity index (χ0v) is 11.3. The first-order chi connectivity index (χ1) is 9.19. The van der Waals surface area contributed by atoms with Crippen molar-refractivity contribution in [1.29, 1.82) is 0 Å². The Morgan fingerprint density at radius 2 is 2.15 bits per heavy atom. The van der Waals surface area contributed by atoms with Crippen molar-refractivity contribution in [2.45, 2.75) is 18.9 Å². The third-order valence-corrected chi connectivity index (χ3v) is 4.74. The van der Waals surface area contributed by atoms with Crippen molar-refractivity contribution < 1.29 is 23.1 Å². The number of aromatic amines is 1. The van der Waals surface area contributed by atoms with Gasteiger partial charge < -0.3 is 10.4 Å². The summed E-state index contributed by atoms with van der Waals surface area (Å²) in [7, 11) is -3.14. The summed E-state index contributed by atoms with van der Waals surface area (Å²) >= 11 is 0. The molecule has 0 aliphatic carbocycles. The molecule has 1 atom stereocenters. The first-order valence-corrected chi connectivity index (χ1v) is 7.47. The molecular weight excluding hydrogens is 290 g/mol. The number of nitrogens with zero attached hydrogens (tertiary/aromatic N) is 2. The second-order valence-corrected chi connectivity index (χ2v) is 6.98. The van der Waals surface area contributed by atoms with Crippen LogP contribution in [-0.2, 0) is 9.84 Å². The van der Waals surface area contributed by atoms with E-state index in [1.807, 2.05) is 0 Å². The maximum Gasteiger partial charge on any atom is 0.373 e. The molecule has 2 heterocycles. The van der Waals surface area contributed by atoms with Crippen LogP contribution in [-0.4, -0.2) is 57.8 Å². The monoisotopic (exact) mass is 303 g/mol. The number of nitrogens with one attached hydrogen (secondary N) is 3. The second-order valence-electron chi connectivity index (χ2n) is 4.79. The topological polar surface area (TPSA) is 154 Å². The summed E-state index contributed by atoms with van der Waals surface area (Å²) < 4.78 is 22.8. The number of anilines is 1. The summed E-state index contributed by atoms with van der Waals surface area (Å²) in [6.07, 6.45) is 0.317. The molecule has 0 aromatic carbocycles. The van der Waals surface area contributed by atoms with Crippen LogP contribution in [0.15, 0.2) is 0 Å². The molecule has 1 aliphatic heterocycles. The Labute approximate surface area is 113 Å². The molecule has 110 valence electrons. The third-order valence-electron chi connectivity index (χ3n) is 2.83. The van der Waals surface area contributed by atoms with Crippen LogP contribution in [0.1, 0.15) is 24.0 Å². The Hall–Kier alpha value is -2.17. The maximum atomic E-state index is 11.7. The zero-order chi connectivity index (χ0) is 15.0.